The van der Waals surface area contributed by atoms with E-state index in [1.165, 1.54) is 11.1 Å². The van der Waals surface area contributed by atoms with Crippen molar-refractivity contribution in [1.29, 1.82) is 0 Å². The van der Waals surface area contributed by atoms with Crippen LogP contribution in [-0.2, 0) is 5.75 Å². The highest BCUT2D eigenvalue weighted by atomic mass is 32.2. The molecule has 2 N–H and O–H groups in total. The van der Waals surface area contributed by atoms with Crippen molar-refractivity contribution >= 4 is 28.6 Å². The molecule has 0 fully saturated rings. The Kier molecular flexibility index (Phi) is 4.10. The van der Waals surface area contributed by atoms with Gasteiger partial charge in [0, 0.05) is 18.5 Å². The predicted octanol–water partition coefficient (Wildman–Crippen LogP) is 3.99. The predicted molar refractivity (Wildman–Crippen MR) is 88.8 cm³/mol. The van der Waals surface area contributed by atoms with Crippen LogP contribution in [0.15, 0.2) is 41.7 Å². The number of hydrogen-bond acceptors (Lipinski definition) is 4. The Morgan fingerprint density at radius 1 is 1.24 bits per heavy atom. The third-order valence-electron chi connectivity index (χ3n) is 3.17. The van der Waals surface area contributed by atoms with Gasteiger partial charge in [-0.05, 0) is 49.2 Å². The number of thioether (sulfide) groups is 1. The quantitative estimate of drug-likeness (QED) is 0.699. The molecule has 0 aliphatic heterocycles. The van der Waals surface area contributed by atoms with E-state index in [-0.39, 0.29) is 0 Å². The second kappa shape index (κ2) is 6.18. The maximum atomic E-state index is 4.60. The van der Waals surface area contributed by atoms with Crippen LogP contribution >= 0.6 is 11.8 Å². The fourth-order valence-corrected chi connectivity index (χ4v) is 2.99. The van der Waals surface area contributed by atoms with Crippen molar-refractivity contribution in [3.63, 3.8) is 0 Å². The lowest BCUT2D eigenvalue weighted by molar-refractivity contribution is 1.08. The molecule has 0 saturated heterocycles. The molecule has 2 aromatic heterocycles. The second-order valence-electron chi connectivity index (χ2n) is 4.93. The third kappa shape index (κ3) is 3.36. The molecule has 0 aliphatic rings. The molecule has 1 aromatic carbocycles. The normalized spacial score (nSPS) is 11.0. The topological polar surface area (TPSA) is 53.6 Å². The average Bonchev–Trinajstić information content (AvgIpc) is 2.88. The number of imidazole rings is 1. The average molecular weight is 298 g/mol. The van der Waals surface area contributed by atoms with Crippen LogP contribution in [0, 0.1) is 6.92 Å². The standard InChI is InChI=1S/C16H18N4S/c1-3-17-15-9-12(6-7-18-15)10-21-16-19-13-5-4-11(2)8-14(13)20-16/h4-9H,3,10H2,1-2H3,(H,17,18)(H,19,20). The Morgan fingerprint density at radius 3 is 3.00 bits per heavy atom. The largest absolute Gasteiger partial charge is 0.370 e. The number of fused-ring (bicyclic) bond motifs is 1. The van der Waals surface area contributed by atoms with Crippen molar-refractivity contribution in [1.82, 2.24) is 15.0 Å². The van der Waals surface area contributed by atoms with Gasteiger partial charge < -0.3 is 10.3 Å². The van der Waals surface area contributed by atoms with Gasteiger partial charge in [0.15, 0.2) is 5.16 Å². The molecule has 0 spiro atoms. The summed E-state index contributed by atoms with van der Waals surface area (Å²) in [6, 6.07) is 10.4. The van der Waals surface area contributed by atoms with E-state index >= 15 is 0 Å². The molecule has 3 rings (SSSR count). The van der Waals surface area contributed by atoms with Gasteiger partial charge in [-0.2, -0.15) is 0 Å². The summed E-state index contributed by atoms with van der Waals surface area (Å²) >= 11 is 1.71. The monoisotopic (exact) mass is 298 g/mol. The lowest BCUT2D eigenvalue weighted by Gasteiger charge is -2.04. The first-order chi connectivity index (χ1) is 10.2. The molecule has 5 heteroatoms. The van der Waals surface area contributed by atoms with Crippen LogP contribution in [-0.4, -0.2) is 21.5 Å². The lowest BCUT2D eigenvalue weighted by atomic mass is 10.2. The maximum absolute atomic E-state index is 4.60. The number of anilines is 1. The zero-order valence-corrected chi connectivity index (χ0v) is 13.0. The summed E-state index contributed by atoms with van der Waals surface area (Å²) in [6.07, 6.45) is 1.84. The van der Waals surface area contributed by atoms with E-state index in [1.54, 1.807) is 11.8 Å². The molecule has 0 amide bonds. The summed E-state index contributed by atoms with van der Waals surface area (Å²) in [5.74, 6) is 1.80. The van der Waals surface area contributed by atoms with Gasteiger partial charge in [0.2, 0.25) is 0 Å². The third-order valence-corrected chi connectivity index (χ3v) is 4.12. The van der Waals surface area contributed by atoms with E-state index < -0.39 is 0 Å². The number of nitrogens with one attached hydrogen (secondary N) is 2. The second-order valence-corrected chi connectivity index (χ2v) is 5.89. The number of benzene rings is 1. The Morgan fingerprint density at radius 2 is 2.14 bits per heavy atom. The molecule has 0 radical (unpaired) electrons. The Balaban J connectivity index is 1.72. The number of H-pyrrole nitrogens is 1. The first-order valence-electron chi connectivity index (χ1n) is 7.02. The minimum Gasteiger partial charge on any atom is -0.370 e. The number of pyridine rings is 1. The molecule has 108 valence electrons. The highest BCUT2D eigenvalue weighted by molar-refractivity contribution is 7.98. The summed E-state index contributed by atoms with van der Waals surface area (Å²) in [7, 11) is 0. The molecular formula is C16H18N4S. The fourth-order valence-electron chi connectivity index (χ4n) is 2.16. The van der Waals surface area contributed by atoms with Crippen LogP contribution in [0.5, 0.6) is 0 Å². The Labute approximate surface area is 128 Å². The summed E-state index contributed by atoms with van der Waals surface area (Å²) in [4.78, 5) is 12.3. The number of aryl methyl sites for hydroxylation is 1. The van der Waals surface area contributed by atoms with Crippen LogP contribution in [0.4, 0.5) is 5.82 Å². The lowest BCUT2D eigenvalue weighted by Crippen LogP contribution is -1.99. The van der Waals surface area contributed by atoms with E-state index in [2.05, 4.69) is 58.4 Å². The van der Waals surface area contributed by atoms with Gasteiger partial charge in [0.1, 0.15) is 5.82 Å². The number of nitrogens with zero attached hydrogens (tertiary/aromatic N) is 2. The van der Waals surface area contributed by atoms with E-state index in [9.17, 15) is 0 Å². The van der Waals surface area contributed by atoms with Crippen LogP contribution in [0.25, 0.3) is 11.0 Å². The van der Waals surface area contributed by atoms with Gasteiger partial charge in [0.25, 0.3) is 0 Å². The Bertz CT molecular complexity index is 751. The first kappa shape index (κ1) is 13.9. The van der Waals surface area contributed by atoms with E-state index in [4.69, 9.17) is 0 Å². The molecule has 21 heavy (non-hydrogen) atoms. The van der Waals surface area contributed by atoms with Crippen LogP contribution in [0.1, 0.15) is 18.1 Å². The Hall–Kier alpha value is -2.01. The minimum atomic E-state index is 0.875. The number of hydrogen-bond donors (Lipinski definition) is 2. The zero-order chi connectivity index (χ0) is 14.7. The van der Waals surface area contributed by atoms with Gasteiger partial charge in [0.05, 0.1) is 11.0 Å². The van der Waals surface area contributed by atoms with Gasteiger partial charge >= 0.3 is 0 Å². The molecule has 0 saturated carbocycles. The number of rotatable bonds is 5. The van der Waals surface area contributed by atoms with Crippen molar-refractivity contribution in [2.45, 2.75) is 24.8 Å². The smallest absolute Gasteiger partial charge is 0.166 e. The molecule has 4 nitrogen and oxygen atoms in total. The number of aromatic amines is 1. The summed E-state index contributed by atoms with van der Waals surface area (Å²) < 4.78 is 0. The molecular weight excluding hydrogens is 280 g/mol. The van der Waals surface area contributed by atoms with Crippen molar-refractivity contribution in [3.05, 3.63) is 47.7 Å². The van der Waals surface area contributed by atoms with Gasteiger partial charge in [-0.3, -0.25) is 0 Å². The van der Waals surface area contributed by atoms with Crippen molar-refractivity contribution in [2.75, 3.05) is 11.9 Å². The molecule has 3 aromatic rings. The van der Waals surface area contributed by atoms with Crippen LogP contribution in [0.3, 0.4) is 0 Å². The van der Waals surface area contributed by atoms with Crippen molar-refractivity contribution < 1.29 is 0 Å². The van der Waals surface area contributed by atoms with E-state index in [0.29, 0.717) is 0 Å². The highest BCUT2D eigenvalue weighted by Gasteiger charge is 2.04. The molecule has 0 atom stereocenters. The van der Waals surface area contributed by atoms with Gasteiger partial charge in [-0.15, -0.1) is 0 Å². The highest BCUT2D eigenvalue weighted by Crippen LogP contribution is 2.24. The summed E-state index contributed by atoms with van der Waals surface area (Å²) in [6.45, 7) is 5.04. The van der Waals surface area contributed by atoms with Crippen LogP contribution in [0.2, 0.25) is 0 Å². The zero-order valence-electron chi connectivity index (χ0n) is 12.2. The molecule has 0 bridgehead atoms. The van der Waals surface area contributed by atoms with Gasteiger partial charge in [-0.1, -0.05) is 17.8 Å². The maximum Gasteiger partial charge on any atom is 0.166 e. The summed E-state index contributed by atoms with van der Waals surface area (Å²) in [5, 5.41) is 4.19. The van der Waals surface area contributed by atoms with Gasteiger partial charge in [-0.25, -0.2) is 9.97 Å². The molecule has 2 heterocycles. The first-order valence-corrected chi connectivity index (χ1v) is 8.01. The summed E-state index contributed by atoms with van der Waals surface area (Å²) in [5.41, 5.74) is 4.60. The van der Waals surface area contributed by atoms with Crippen molar-refractivity contribution in [3.8, 4) is 0 Å². The SMILES string of the molecule is CCNc1cc(CSc2nc3ccc(C)cc3[nH]2)ccn1. The van der Waals surface area contributed by atoms with E-state index in [1.807, 2.05) is 12.3 Å². The van der Waals surface area contributed by atoms with Crippen LogP contribution < -0.4 is 5.32 Å². The number of aromatic nitrogens is 3. The fraction of sp³-hybridized carbons (Fsp3) is 0.250. The molecule has 0 unspecified atom stereocenters. The van der Waals surface area contributed by atoms with Crippen molar-refractivity contribution in [2.24, 2.45) is 0 Å². The molecule has 0 aliphatic carbocycles. The van der Waals surface area contributed by atoms with E-state index in [0.717, 1.165) is 34.3 Å². The minimum absolute atomic E-state index is 0.875.